The Labute approximate surface area is 141 Å². The molecule has 0 saturated carbocycles. The van der Waals surface area contributed by atoms with E-state index in [4.69, 9.17) is 0 Å². The van der Waals surface area contributed by atoms with Crippen molar-refractivity contribution in [3.8, 4) is 0 Å². The quantitative estimate of drug-likeness (QED) is 0.462. The maximum Gasteiger partial charge on any atom is 0.192 e. The van der Waals surface area contributed by atoms with Gasteiger partial charge in [-0.15, -0.1) is 16.8 Å². The Morgan fingerprint density at radius 2 is 2.17 bits per heavy atom. The lowest BCUT2D eigenvalue weighted by Gasteiger charge is -2.12. The highest BCUT2D eigenvalue weighted by molar-refractivity contribution is 8.00. The van der Waals surface area contributed by atoms with Gasteiger partial charge in [-0.3, -0.25) is 4.79 Å². The van der Waals surface area contributed by atoms with Crippen LogP contribution in [0.25, 0.3) is 0 Å². The van der Waals surface area contributed by atoms with Gasteiger partial charge in [0.25, 0.3) is 0 Å². The average Bonchev–Trinajstić information content (AvgIpc) is 3.15. The standard InChI is InChI=1S/C18H21N3OS/c1-4-10-21-13(3)19-20-18(21)23-12(2)17(22)16-9-8-14-6-5-7-15(14)11-16/h4,8-9,11-12H,1,5-7,10H2,2-3H3. The fourth-order valence-corrected chi connectivity index (χ4v) is 3.94. The molecule has 3 rings (SSSR count). The second-order valence-corrected chi connectivity index (χ2v) is 7.20. The highest BCUT2D eigenvalue weighted by atomic mass is 32.2. The molecule has 1 aliphatic rings. The van der Waals surface area contributed by atoms with Crippen molar-refractivity contribution in [1.29, 1.82) is 0 Å². The molecule has 0 N–H and O–H groups in total. The first-order valence-electron chi connectivity index (χ1n) is 7.93. The van der Waals surface area contributed by atoms with Crippen LogP contribution in [0.5, 0.6) is 0 Å². The molecule has 5 heteroatoms. The van der Waals surface area contributed by atoms with E-state index in [2.05, 4.69) is 28.9 Å². The summed E-state index contributed by atoms with van der Waals surface area (Å²) in [6.45, 7) is 8.26. The summed E-state index contributed by atoms with van der Waals surface area (Å²) in [4.78, 5) is 12.7. The van der Waals surface area contributed by atoms with Gasteiger partial charge in [0.05, 0.1) is 5.25 Å². The average molecular weight is 327 g/mol. The minimum Gasteiger partial charge on any atom is -0.302 e. The number of hydrogen-bond acceptors (Lipinski definition) is 4. The van der Waals surface area contributed by atoms with Crippen molar-refractivity contribution in [2.24, 2.45) is 0 Å². The Kier molecular flexibility index (Phi) is 4.66. The van der Waals surface area contributed by atoms with Gasteiger partial charge in [0.1, 0.15) is 5.82 Å². The summed E-state index contributed by atoms with van der Waals surface area (Å²) in [6, 6.07) is 6.14. The fraction of sp³-hybridized carbons (Fsp3) is 0.389. The zero-order valence-corrected chi connectivity index (χ0v) is 14.4. The molecule has 1 aromatic heterocycles. The molecule has 0 saturated heterocycles. The fourth-order valence-electron chi connectivity index (χ4n) is 2.96. The number of allylic oxidation sites excluding steroid dienone is 1. The molecule has 0 aliphatic heterocycles. The molecule has 0 spiro atoms. The van der Waals surface area contributed by atoms with Gasteiger partial charge in [0.2, 0.25) is 0 Å². The van der Waals surface area contributed by atoms with Gasteiger partial charge in [-0.1, -0.05) is 30.0 Å². The molecule has 23 heavy (non-hydrogen) atoms. The van der Waals surface area contributed by atoms with E-state index in [0.717, 1.165) is 29.4 Å². The molecule has 0 bridgehead atoms. The maximum absolute atomic E-state index is 12.7. The van der Waals surface area contributed by atoms with Crippen molar-refractivity contribution in [1.82, 2.24) is 14.8 Å². The highest BCUT2D eigenvalue weighted by Gasteiger charge is 2.21. The van der Waals surface area contributed by atoms with E-state index in [9.17, 15) is 4.79 Å². The maximum atomic E-state index is 12.7. The number of thioether (sulfide) groups is 1. The van der Waals surface area contributed by atoms with Gasteiger partial charge in [0, 0.05) is 12.1 Å². The predicted molar refractivity (Wildman–Crippen MR) is 93.1 cm³/mol. The second kappa shape index (κ2) is 6.71. The third-order valence-corrected chi connectivity index (χ3v) is 5.33. The van der Waals surface area contributed by atoms with Gasteiger partial charge >= 0.3 is 0 Å². The summed E-state index contributed by atoms with van der Waals surface area (Å²) >= 11 is 1.46. The lowest BCUT2D eigenvalue weighted by molar-refractivity contribution is 0.0993. The third kappa shape index (κ3) is 3.24. The molecule has 1 unspecified atom stereocenters. The molecule has 1 aliphatic carbocycles. The first-order valence-corrected chi connectivity index (χ1v) is 8.81. The summed E-state index contributed by atoms with van der Waals surface area (Å²) in [5.41, 5.74) is 3.53. The molecule has 0 radical (unpaired) electrons. The SMILES string of the molecule is C=CCn1c(C)nnc1SC(C)C(=O)c1ccc2c(c1)CCC2. The van der Waals surface area contributed by atoms with Crippen LogP contribution < -0.4 is 0 Å². The first-order chi connectivity index (χ1) is 11.1. The van der Waals surface area contributed by atoms with Crippen LogP contribution in [0.2, 0.25) is 0 Å². The number of Topliss-reactive ketones (excluding diaryl/α,β-unsaturated/α-hetero) is 1. The zero-order chi connectivity index (χ0) is 16.4. The molecule has 1 atom stereocenters. The van der Waals surface area contributed by atoms with Crippen molar-refractivity contribution < 1.29 is 4.79 Å². The topological polar surface area (TPSA) is 47.8 Å². The monoisotopic (exact) mass is 327 g/mol. The van der Waals surface area contributed by atoms with Crippen molar-refractivity contribution in [2.75, 3.05) is 0 Å². The summed E-state index contributed by atoms with van der Waals surface area (Å²) < 4.78 is 1.98. The number of aromatic nitrogens is 3. The number of ketones is 1. The molecule has 1 heterocycles. The Morgan fingerprint density at radius 1 is 1.39 bits per heavy atom. The summed E-state index contributed by atoms with van der Waals surface area (Å²) in [5, 5.41) is 8.86. The van der Waals surface area contributed by atoms with Gasteiger partial charge in [-0.05, 0) is 50.3 Å². The van der Waals surface area contributed by atoms with Gasteiger partial charge in [0.15, 0.2) is 10.9 Å². The smallest absolute Gasteiger partial charge is 0.192 e. The molecule has 4 nitrogen and oxygen atoms in total. The van der Waals surface area contributed by atoms with E-state index < -0.39 is 0 Å². The van der Waals surface area contributed by atoms with Crippen molar-refractivity contribution in [3.05, 3.63) is 53.4 Å². The second-order valence-electron chi connectivity index (χ2n) is 5.89. The lowest BCUT2D eigenvalue weighted by Crippen LogP contribution is -2.15. The van der Waals surface area contributed by atoms with Crippen LogP contribution in [0.1, 0.15) is 40.7 Å². The van der Waals surface area contributed by atoms with Gasteiger partial charge < -0.3 is 4.57 Å². The highest BCUT2D eigenvalue weighted by Crippen LogP contribution is 2.27. The first kappa shape index (κ1) is 16.0. The minimum absolute atomic E-state index is 0.149. The van der Waals surface area contributed by atoms with Crippen molar-refractivity contribution >= 4 is 17.5 Å². The van der Waals surface area contributed by atoms with Crippen LogP contribution >= 0.6 is 11.8 Å². The molecular weight excluding hydrogens is 306 g/mol. The van der Waals surface area contributed by atoms with E-state index >= 15 is 0 Å². The summed E-state index contributed by atoms with van der Waals surface area (Å²) in [7, 11) is 0. The molecular formula is C18H21N3OS. The van der Waals surface area contributed by atoms with Crippen LogP contribution in [-0.2, 0) is 19.4 Å². The zero-order valence-electron chi connectivity index (χ0n) is 13.6. The number of carbonyl (C=O) groups is 1. The number of carbonyl (C=O) groups excluding carboxylic acids is 1. The van der Waals surface area contributed by atoms with E-state index in [1.54, 1.807) is 0 Å². The minimum atomic E-state index is -0.193. The molecule has 1 aromatic carbocycles. The van der Waals surface area contributed by atoms with Crippen LogP contribution in [0.15, 0.2) is 36.0 Å². The van der Waals surface area contributed by atoms with E-state index in [1.165, 1.54) is 29.3 Å². The van der Waals surface area contributed by atoms with E-state index in [-0.39, 0.29) is 11.0 Å². The van der Waals surface area contributed by atoms with Crippen LogP contribution in [-0.4, -0.2) is 25.8 Å². The summed E-state index contributed by atoms with van der Waals surface area (Å²) in [6.07, 6.45) is 5.23. The van der Waals surface area contributed by atoms with E-state index in [1.807, 2.05) is 30.6 Å². The molecule has 0 fully saturated rings. The van der Waals surface area contributed by atoms with Gasteiger partial charge in [-0.25, -0.2) is 0 Å². The predicted octanol–water partition coefficient (Wildman–Crippen LogP) is 3.62. The Hall–Kier alpha value is -1.88. The van der Waals surface area contributed by atoms with Crippen molar-refractivity contribution in [3.63, 3.8) is 0 Å². The number of aryl methyl sites for hydroxylation is 3. The Morgan fingerprint density at radius 3 is 2.96 bits per heavy atom. The third-order valence-electron chi connectivity index (χ3n) is 4.25. The lowest BCUT2D eigenvalue weighted by atomic mass is 10.0. The number of fused-ring (bicyclic) bond motifs is 1. The Bertz CT molecular complexity index is 751. The van der Waals surface area contributed by atoms with Crippen molar-refractivity contribution in [2.45, 2.75) is 50.1 Å². The van der Waals surface area contributed by atoms with Gasteiger partial charge in [-0.2, -0.15) is 0 Å². The number of nitrogens with zero attached hydrogens (tertiary/aromatic N) is 3. The molecule has 120 valence electrons. The van der Waals surface area contributed by atoms with E-state index in [0.29, 0.717) is 6.54 Å². The normalized spacial score (nSPS) is 14.5. The van der Waals surface area contributed by atoms with Crippen LogP contribution in [0.4, 0.5) is 0 Å². The molecule has 0 amide bonds. The number of rotatable bonds is 6. The molecule has 2 aromatic rings. The Balaban J connectivity index is 1.76. The number of hydrogen-bond donors (Lipinski definition) is 0. The number of benzene rings is 1. The van der Waals surface area contributed by atoms with Crippen LogP contribution in [0, 0.1) is 6.92 Å². The largest absolute Gasteiger partial charge is 0.302 e. The summed E-state index contributed by atoms with van der Waals surface area (Å²) in [5.74, 6) is 0.986. The van der Waals surface area contributed by atoms with Crippen LogP contribution in [0.3, 0.4) is 0 Å².